The lowest BCUT2D eigenvalue weighted by Crippen LogP contribution is -2.51. The molecule has 5 heteroatoms. The van der Waals surface area contributed by atoms with E-state index in [4.69, 9.17) is 5.11 Å². The molecule has 1 fully saturated rings. The third-order valence-corrected chi connectivity index (χ3v) is 4.25. The van der Waals surface area contributed by atoms with Gasteiger partial charge in [0.2, 0.25) is 0 Å². The second-order valence-corrected chi connectivity index (χ2v) is 6.26. The van der Waals surface area contributed by atoms with Crippen LogP contribution in [0.3, 0.4) is 0 Å². The monoisotopic (exact) mass is 292 g/mol. The number of carbonyl (C=O) groups is 2. The van der Waals surface area contributed by atoms with E-state index in [9.17, 15) is 9.59 Å². The van der Waals surface area contributed by atoms with E-state index in [2.05, 4.69) is 5.32 Å². The highest BCUT2D eigenvalue weighted by atomic mass is 16.4. The van der Waals surface area contributed by atoms with Gasteiger partial charge in [-0.15, -0.1) is 0 Å². The van der Waals surface area contributed by atoms with Crippen LogP contribution >= 0.6 is 0 Å². The quantitative estimate of drug-likeness (QED) is 0.876. The summed E-state index contributed by atoms with van der Waals surface area (Å²) in [6.45, 7) is 4.04. The van der Waals surface area contributed by atoms with Crippen molar-refractivity contribution >= 4 is 11.9 Å². The molecule has 0 aliphatic heterocycles. The van der Waals surface area contributed by atoms with Crippen LogP contribution in [0.1, 0.15) is 68.9 Å². The zero-order chi connectivity index (χ0) is 15.5. The third kappa shape index (κ3) is 3.65. The van der Waals surface area contributed by atoms with Crippen LogP contribution in [0.5, 0.6) is 0 Å². The molecule has 2 N–H and O–H groups in total. The van der Waals surface area contributed by atoms with Crippen LogP contribution in [0.15, 0.2) is 18.3 Å². The Labute approximate surface area is 125 Å². The molecule has 0 bridgehead atoms. The number of aromatic nitrogens is 1. The second-order valence-electron chi connectivity index (χ2n) is 6.26. The summed E-state index contributed by atoms with van der Waals surface area (Å²) in [4.78, 5) is 23.7. The molecule has 0 spiro atoms. The molecule has 1 aliphatic rings. The maximum Gasteiger partial charge on any atom is 0.305 e. The number of rotatable bonds is 5. The minimum Gasteiger partial charge on any atom is -0.481 e. The molecule has 21 heavy (non-hydrogen) atoms. The normalized spacial score (nSPS) is 17.7. The Morgan fingerprint density at radius 2 is 2.00 bits per heavy atom. The predicted octanol–water partition coefficient (Wildman–Crippen LogP) is 2.98. The van der Waals surface area contributed by atoms with Crippen molar-refractivity contribution < 1.29 is 14.7 Å². The van der Waals surface area contributed by atoms with Gasteiger partial charge < -0.3 is 15.0 Å². The topological polar surface area (TPSA) is 71.3 Å². The number of aliphatic carboxylic acids is 1. The Balaban J connectivity index is 2.17. The highest BCUT2D eigenvalue weighted by Crippen LogP contribution is 2.31. The van der Waals surface area contributed by atoms with E-state index in [0.29, 0.717) is 5.69 Å². The molecule has 2 rings (SSSR count). The summed E-state index contributed by atoms with van der Waals surface area (Å²) in [5, 5.41) is 12.2. The molecule has 0 aromatic carbocycles. The molecular weight excluding hydrogens is 268 g/mol. The van der Waals surface area contributed by atoms with Crippen LogP contribution < -0.4 is 5.32 Å². The summed E-state index contributed by atoms with van der Waals surface area (Å²) < 4.78 is 1.91. The van der Waals surface area contributed by atoms with Crippen molar-refractivity contribution in [2.24, 2.45) is 0 Å². The molecule has 1 heterocycles. The van der Waals surface area contributed by atoms with Crippen molar-refractivity contribution in [1.29, 1.82) is 0 Å². The molecule has 0 atom stereocenters. The van der Waals surface area contributed by atoms with Gasteiger partial charge in [-0.05, 0) is 38.8 Å². The number of nitrogens with zero attached hydrogens (tertiary/aromatic N) is 1. The number of carboxylic acids is 1. The number of hydrogen-bond donors (Lipinski definition) is 2. The minimum absolute atomic E-state index is 0.00112. The molecule has 0 saturated heterocycles. The second kappa shape index (κ2) is 6.33. The SMILES string of the molecule is CC(C)n1cccc1C(=O)NC1(CC(=O)O)CCCCC1. The fourth-order valence-corrected chi connectivity index (χ4v) is 3.21. The van der Waals surface area contributed by atoms with Crippen LogP contribution in [-0.2, 0) is 4.79 Å². The van der Waals surface area contributed by atoms with Crippen molar-refractivity contribution in [1.82, 2.24) is 9.88 Å². The van der Waals surface area contributed by atoms with Crippen molar-refractivity contribution in [2.75, 3.05) is 0 Å². The lowest BCUT2D eigenvalue weighted by molar-refractivity contribution is -0.139. The average molecular weight is 292 g/mol. The van der Waals surface area contributed by atoms with E-state index in [-0.39, 0.29) is 18.4 Å². The van der Waals surface area contributed by atoms with Crippen LogP contribution in [0.25, 0.3) is 0 Å². The van der Waals surface area contributed by atoms with Gasteiger partial charge in [-0.1, -0.05) is 19.3 Å². The number of nitrogens with one attached hydrogen (secondary N) is 1. The lowest BCUT2D eigenvalue weighted by Gasteiger charge is -2.37. The van der Waals surface area contributed by atoms with Crippen LogP contribution in [0, 0.1) is 0 Å². The number of amides is 1. The Morgan fingerprint density at radius 3 is 2.57 bits per heavy atom. The molecular formula is C16H24N2O3. The van der Waals surface area contributed by atoms with E-state index in [1.165, 1.54) is 0 Å². The van der Waals surface area contributed by atoms with Gasteiger partial charge in [0.1, 0.15) is 5.69 Å². The lowest BCUT2D eigenvalue weighted by atomic mass is 9.79. The van der Waals surface area contributed by atoms with Gasteiger partial charge in [0.05, 0.1) is 12.0 Å². The average Bonchev–Trinajstić information content (AvgIpc) is 2.87. The molecule has 5 nitrogen and oxygen atoms in total. The van der Waals surface area contributed by atoms with E-state index >= 15 is 0 Å². The molecule has 1 aromatic heterocycles. The van der Waals surface area contributed by atoms with Crippen molar-refractivity contribution in [3.63, 3.8) is 0 Å². The van der Waals surface area contributed by atoms with E-state index in [0.717, 1.165) is 32.1 Å². The predicted molar refractivity (Wildman–Crippen MR) is 80.4 cm³/mol. The number of carbonyl (C=O) groups excluding carboxylic acids is 1. The van der Waals surface area contributed by atoms with Gasteiger partial charge in [0.25, 0.3) is 5.91 Å². The largest absolute Gasteiger partial charge is 0.481 e. The molecule has 0 radical (unpaired) electrons. The summed E-state index contributed by atoms with van der Waals surface area (Å²) in [5.41, 5.74) is 0.00750. The maximum atomic E-state index is 12.6. The Hall–Kier alpha value is -1.78. The fraction of sp³-hybridized carbons (Fsp3) is 0.625. The van der Waals surface area contributed by atoms with Crippen molar-refractivity contribution in [3.05, 3.63) is 24.0 Å². The van der Waals surface area contributed by atoms with Gasteiger partial charge in [-0.2, -0.15) is 0 Å². The molecule has 1 aromatic rings. The van der Waals surface area contributed by atoms with Gasteiger partial charge in [-0.3, -0.25) is 9.59 Å². The highest BCUT2D eigenvalue weighted by molar-refractivity contribution is 5.93. The van der Waals surface area contributed by atoms with Gasteiger partial charge >= 0.3 is 5.97 Å². The summed E-state index contributed by atoms with van der Waals surface area (Å²) in [6, 6.07) is 3.83. The van der Waals surface area contributed by atoms with E-state index in [1.807, 2.05) is 30.7 Å². The fourth-order valence-electron chi connectivity index (χ4n) is 3.21. The number of carboxylic acid groups (broad SMARTS) is 1. The summed E-state index contributed by atoms with van der Waals surface area (Å²) >= 11 is 0. The Morgan fingerprint density at radius 1 is 1.33 bits per heavy atom. The minimum atomic E-state index is -0.851. The highest BCUT2D eigenvalue weighted by Gasteiger charge is 2.36. The molecule has 1 aliphatic carbocycles. The first-order chi connectivity index (χ1) is 9.93. The third-order valence-electron chi connectivity index (χ3n) is 4.25. The van der Waals surface area contributed by atoms with Crippen LogP contribution in [0.2, 0.25) is 0 Å². The van der Waals surface area contributed by atoms with Crippen molar-refractivity contribution in [2.45, 2.75) is 64.0 Å². The Bertz CT molecular complexity index is 513. The zero-order valence-corrected chi connectivity index (χ0v) is 12.8. The van der Waals surface area contributed by atoms with Crippen molar-refractivity contribution in [3.8, 4) is 0 Å². The standard InChI is InChI=1S/C16H24N2O3/c1-12(2)18-10-6-7-13(18)15(21)17-16(11-14(19)20)8-4-3-5-9-16/h6-7,10,12H,3-5,8-9,11H2,1-2H3,(H,17,21)(H,19,20). The Kier molecular flexibility index (Phi) is 4.70. The van der Waals surface area contributed by atoms with Gasteiger partial charge in [0.15, 0.2) is 0 Å². The first-order valence-electron chi connectivity index (χ1n) is 7.65. The van der Waals surface area contributed by atoms with Crippen LogP contribution in [0.4, 0.5) is 0 Å². The molecule has 1 amide bonds. The smallest absolute Gasteiger partial charge is 0.305 e. The molecule has 1 saturated carbocycles. The first kappa shape index (κ1) is 15.6. The summed E-state index contributed by atoms with van der Waals surface area (Å²) in [5.74, 6) is -1.02. The van der Waals surface area contributed by atoms with E-state index in [1.54, 1.807) is 6.07 Å². The van der Waals surface area contributed by atoms with Gasteiger partial charge in [0, 0.05) is 12.2 Å². The van der Waals surface area contributed by atoms with E-state index < -0.39 is 11.5 Å². The maximum absolute atomic E-state index is 12.6. The summed E-state index contributed by atoms with van der Waals surface area (Å²) in [6.07, 6.45) is 6.42. The molecule has 0 unspecified atom stereocenters. The summed E-state index contributed by atoms with van der Waals surface area (Å²) in [7, 11) is 0. The van der Waals surface area contributed by atoms with Gasteiger partial charge in [-0.25, -0.2) is 0 Å². The zero-order valence-electron chi connectivity index (χ0n) is 12.8. The molecule has 116 valence electrons. The number of hydrogen-bond acceptors (Lipinski definition) is 2. The first-order valence-corrected chi connectivity index (χ1v) is 7.65. The van der Waals surface area contributed by atoms with Crippen LogP contribution in [-0.4, -0.2) is 27.1 Å².